The summed E-state index contributed by atoms with van der Waals surface area (Å²) in [5.41, 5.74) is 1.78. The Balaban J connectivity index is 1.32. The predicted octanol–water partition coefficient (Wildman–Crippen LogP) is 3.26. The quantitative estimate of drug-likeness (QED) is 0.654. The smallest absolute Gasteiger partial charge is 0.277 e. The molecule has 0 unspecified atom stereocenters. The summed E-state index contributed by atoms with van der Waals surface area (Å²) in [5.74, 6) is 1.74. The van der Waals surface area contributed by atoms with Gasteiger partial charge in [-0.05, 0) is 36.8 Å². The molecule has 1 amide bonds. The Bertz CT molecular complexity index is 945. The molecular weight excluding hydrogens is 366 g/mol. The zero-order valence-electron chi connectivity index (χ0n) is 14.5. The van der Waals surface area contributed by atoms with Gasteiger partial charge in [0.1, 0.15) is 0 Å². The van der Waals surface area contributed by atoms with Crippen molar-refractivity contribution >= 4 is 17.7 Å². The summed E-state index contributed by atoms with van der Waals surface area (Å²) in [5, 5.41) is 10.9. The summed E-state index contributed by atoms with van der Waals surface area (Å²) in [6.45, 7) is 2.43. The normalized spacial score (nSPS) is 13.4. The lowest BCUT2D eigenvalue weighted by Crippen LogP contribution is -2.30. The largest absolute Gasteiger partial charge is 0.454 e. The molecule has 0 saturated carbocycles. The van der Waals surface area contributed by atoms with Crippen LogP contribution in [0.5, 0.6) is 11.5 Å². The average molecular weight is 383 g/mol. The summed E-state index contributed by atoms with van der Waals surface area (Å²) in [4.78, 5) is 12.4. The first-order valence-corrected chi connectivity index (χ1v) is 9.29. The van der Waals surface area contributed by atoms with E-state index >= 15 is 0 Å². The van der Waals surface area contributed by atoms with Gasteiger partial charge in [0.05, 0.1) is 5.25 Å². The Kier molecular flexibility index (Phi) is 4.97. The number of thioether (sulfide) groups is 1. The first-order chi connectivity index (χ1) is 13.2. The summed E-state index contributed by atoms with van der Waals surface area (Å²) in [6.07, 6.45) is 0. The third-order valence-electron chi connectivity index (χ3n) is 3.98. The number of carbonyl (C=O) groups is 1. The van der Waals surface area contributed by atoms with Gasteiger partial charge in [0, 0.05) is 12.1 Å². The van der Waals surface area contributed by atoms with Gasteiger partial charge in [0.15, 0.2) is 11.5 Å². The van der Waals surface area contributed by atoms with E-state index in [4.69, 9.17) is 13.9 Å². The van der Waals surface area contributed by atoms with Crippen molar-refractivity contribution in [2.45, 2.75) is 23.9 Å². The molecule has 138 valence electrons. The second-order valence-electron chi connectivity index (χ2n) is 5.90. The third-order valence-corrected chi connectivity index (χ3v) is 4.91. The van der Waals surface area contributed by atoms with E-state index < -0.39 is 0 Å². The van der Waals surface area contributed by atoms with Gasteiger partial charge in [-0.25, -0.2) is 0 Å². The average Bonchev–Trinajstić information content (AvgIpc) is 3.35. The van der Waals surface area contributed by atoms with Crippen LogP contribution >= 0.6 is 11.8 Å². The van der Waals surface area contributed by atoms with Crippen molar-refractivity contribution in [1.29, 1.82) is 0 Å². The molecule has 1 aliphatic rings. The van der Waals surface area contributed by atoms with Crippen molar-refractivity contribution in [2.24, 2.45) is 0 Å². The fourth-order valence-corrected chi connectivity index (χ4v) is 3.25. The first kappa shape index (κ1) is 17.4. The van der Waals surface area contributed by atoms with Gasteiger partial charge in [0.2, 0.25) is 18.6 Å². The number of benzene rings is 2. The zero-order chi connectivity index (χ0) is 18.6. The van der Waals surface area contributed by atoms with Crippen LogP contribution in [0, 0.1) is 0 Å². The van der Waals surface area contributed by atoms with Crippen molar-refractivity contribution < 1.29 is 18.7 Å². The molecule has 2 heterocycles. The number of ether oxygens (including phenoxy) is 2. The topological polar surface area (TPSA) is 86.5 Å². The second-order valence-corrected chi connectivity index (χ2v) is 7.20. The molecule has 7 nitrogen and oxygen atoms in total. The highest BCUT2D eigenvalue weighted by atomic mass is 32.2. The molecule has 4 rings (SSSR count). The number of nitrogens with one attached hydrogen (secondary N) is 1. The van der Waals surface area contributed by atoms with Gasteiger partial charge in [0.25, 0.3) is 5.22 Å². The Hall–Kier alpha value is -3.00. The molecule has 0 radical (unpaired) electrons. The summed E-state index contributed by atoms with van der Waals surface area (Å²) < 4.78 is 16.3. The van der Waals surface area contributed by atoms with Gasteiger partial charge in [-0.1, -0.05) is 36.0 Å². The van der Waals surface area contributed by atoms with E-state index in [-0.39, 0.29) is 18.0 Å². The van der Waals surface area contributed by atoms with Crippen LogP contribution in [0.15, 0.2) is 58.2 Å². The van der Waals surface area contributed by atoms with E-state index in [1.807, 2.05) is 48.5 Å². The number of amides is 1. The van der Waals surface area contributed by atoms with E-state index in [1.165, 1.54) is 11.8 Å². The summed E-state index contributed by atoms with van der Waals surface area (Å²) >= 11 is 1.23. The molecule has 0 saturated heterocycles. The molecule has 27 heavy (non-hydrogen) atoms. The van der Waals surface area contributed by atoms with Crippen LogP contribution < -0.4 is 14.8 Å². The number of hydrogen-bond acceptors (Lipinski definition) is 7. The van der Waals surface area contributed by atoms with Crippen LogP contribution in [0.4, 0.5) is 0 Å². The van der Waals surface area contributed by atoms with E-state index in [9.17, 15) is 4.79 Å². The summed E-state index contributed by atoms with van der Waals surface area (Å²) in [6, 6.07) is 15.1. The summed E-state index contributed by atoms with van der Waals surface area (Å²) in [7, 11) is 0. The standard InChI is InChI=1S/C19H17N3O4S/c1-12(27-19-22-21-18(26-19)14-5-3-2-4-6-14)17(23)20-10-13-7-8-15-16(9-13)25-11-24-15/h2-9,12H,10-11H2,1H3,(H,20,23)/t12-/m0/s1. The Morgan fingerprint density at radius 2 is 1.96 bits per heavy atom. The van der Waals surface area contributed by atoms with Gasteiger partial charge in [-0.2, -0.15) is 0 Å². The molecule has 3 aromatic rings. The lowest BCUT2D eigenvalue weighted by atomic mass is 10.2. The van der Waals surface area contributed by atoms with E-state index in [2.05, 4.69) is 15.5 Å². The number of carbonyl (C=O) groups excluding carboxylic acids is 1. The zero-order valence-corrected chi connectivity index (χ0v) is 15.4. The van der Waals surface area contributed by atoms with Crippen LogP contribution in [0.2, 0.25) is 0 Å². The first-order valence-electron chi connectivity index (χ1n) is 8.41. The van der Waals surface area contributed by atoms with E-state index in [1.54, 1.807) is 6.92 Å². The third kappa shape index (κ3) is 4.06. The maximum atomic E-state index is 12.4. The minimum atomic E-state index is -0.372. The number of aromatic nitrogens is 2. The highest BCUT2D eigenvalue weighted by Crippen LogP contribution is 2.32. The van der Waals surface area contributed by atoms with Crippen LogP contribution in [0.25, 0.3) is 11.5 Å². The Labute approximate surface area is 160 Å². The Morgan fingerprint density at radius 1 is 1.15 bits per heavy atom. The van der Waals surface area contributed by atoms with Gasteiger partial charge in [-0.15, -0.1) is 10.2 Å². The molecule has 0 aliphatic carbocycles. The lowest BCUT2D eigenvalue weighted by Gasteiger charge is -2.10. The van der Waals surface area contributed by atoms with Crippen LogP contribution in [0.1, 0.15) is 12.5 Å². The van der Waals surface area contributed by atoms with Gasteiger partial charge in [-0.3, -0.25) is 4.79 Å². The number of fused-ring (bicyclic) bond motifs is 1. The molecule has 0 spiro atoms. The fourth-order valence-electron chi connectivity index (χ4n) is 2.54. The highest BCUT2D eigenvalue weighted by molar-refractivity contribution is 8.00. The SMILES string of the molecule is C[C@H](Sc1nnc(-c2ccccc2)o1)C(=O)NCc1ccc2c(c1)OCO2. The number of hydrogen-bond donors (Lipinski definition) is 1. The highest BCUT2D eigenvalue weighted by Gasteiger charge is 2.19. The maximum absolute atomic E-state index is 12.4. The molecule has 1 aromatic heterocycles. The molecule has 1 N–H and O–H groups in total. The minimum Gasteiger partial charge on any atom is -0.454 e. The maximum Gasteiger partial charge on any atom is 0.277 e. The monoisotopic (exact) mass is 383 g/mol. The molecule has 0 fully saturated rings. The number of nitrogens with zero attached hydrogens (tertiary/aromatic N) is 2. The molecule has 2 aromatic carbocycles. The Morgan fingerprint density at radius 3 is 2.81 bits per heavy atom. The predicted molar refractivity (Wildman–Crippen MR) is 99.5 cm³/mol. The van der Waals surface area contributed by atoms with Crippen molar-refractivity contribution in [3.8, 4) is 23.0 Å². The molecule has 1 aliphatic heterocycles. The van der Waals surface area contributed by atoms with E-state index in [0.29, 0.717) is 23.4 Å². The molecule has 0 bridgehead atoms. The van der Waals surface area contributed by atoms with Crippen LogP contribution in [0.3, 0.4) is 0 Å². The molecular formula is C19H17N3O4S. The molecule has 8 heteroatoms. The van der Waals surface area contributed by atoms with Crippen molar-refractivity contribution in [3.05, 3.63) is 54.1 Å². The van der Waals surface area contributed by atoms with Gasteiger partial charge >= 0.3 is 0 Å². The van der Waals surface area contributed by atoms with E-state index in [0.717, 1.165) is 16.9 Å². The second kappa shape index (κ2) is 7.71. The molecule has 1 atom stereocenters. The van der Waals surface area contributed by atoms with Gasteiger partial charge < -0.3 is 19.2 Å². The van der Waals surface area contributed by atoms with Crippen molar-refractivity contribution in [2.75, 3.05) is 6.79 Å². The van der Waals surface area contributed by atoms with Crippen molar-refractivity contribution in [3.63, 3.8) is 0 Å². The number of rotatable bonds is 6. The fraction of sp³-hybridized carbons (Fsp3) is 0.211. The minimum absolute atomic E-state index is 0.114. The van der Waals surface area contributed by atoms with Crippen molar-refractivity contribution in [1.82, 2.24) is 15.5 Å². The lowest BCUT2D eigenvalue weighted by molar-refractivity contribution is -0.120. The van der Waals surface area contributed by atoms with Crippen LogP contribution in [-0.4, -0.2) is 28.1 Å². The van der Waals surface area contributed by atoms with Crippen LogP contribution in [-0.2, 0) is 11.3 Å².